The number of primary amides is 1. The topological polar surface area (TPSA) is 56.0 Å². The van der Waals surface area contributed by atoms with E-state index >= 15 is 0 Å². The van der Waals surface area contributed by atoms with Crippen molar-refractivity contribution in [1.82, 2.24) is 4.98 Å². The summed E-state index contributed by atoms with van der Waals surface area (Å²) in [6, 6.07) is 8.18. The smallest absolute Gasteiger partial charge is 0.223 e. The molecular weight excluding hydrogens is 236 g/mol. The van der Waals surface area contributed by atoms with E-state index in [1.165, 1.54) is 5.56 Å². The van der Waals surface area contributed by atoms with Gasteiger partial charge in [-0.25, -0.2) is 0 Å². The van der Waals surface area contributed by atoms with Gasteiger partial charge in [0.25, 0.3) is 0 Å². The van der Waals surface area contributed by atoms with Crippen LogP contribution in [0.5, 0.6) is 0 Å². The van der Waals surface area contributed by atoms with Gasteiger partial charge in [-0.3, -0.25) is 9.78 Å². The minimum atomic E-state index is -0.348. The largest absolute Gasteiger partial charge is 0.369 e. The fourth-order valence-electron chi connectivity index (χ4n) is 2.36. The zero-order valence-electron chi connectivity index (χ0n) is 11.9. The molecule has 1 heterocycles. The predicted octanol–water partition coefficient (Wildman–Crippen LogP) is 2.87. The van der Waals surface area contributed by atoms with E-state index in [0.717, 1.165) is 22.2 Å². The Kier molecular flexibility index (Phi) is 3.31. The molecule has 0 aliphatic heterocycles. The average molecular weight is 256 g/mol. The molecule has 0 saturated carbocycles. The second-order valence-corrected chi connectivity index (χ2v) is 6.03. The zero-order chi connectivity index (χ0) is 14.2. The van der Waals surface area contributed by atoms with Crippen molar-refractivity contribution < 1.29 is 4.79 Å². The van der Waals surface area contributed by atoms with Crippen LogP contribution in [-0.4, -0.2) is 10.9 Å². The molecule has 2 aromatic rings. The summed E-state index contributed by atoms with van der Waals surface area (Å²) in [4.78, 5) is 15.7. The molecule has 0 unspecified atom stereocenters. The number of carbonyl (C=O) groups is 1. The molecule has 0 aliphatic rings. The summed E-state index contributed by atoms with van der Waals surface area (Å²) >= 11 is 0. The van der Waals surface area contributed by atoms with E-state index in [2.05, 4.69) is 44.0 Å². The van der Waals surface area contributed by atoms with Crippen molar-refractivity contribution in [3.8, 4) is 0 Å². The Balaban J connectivity index is 2.72. The van der Waals surface area contributed by atoms with Crippen LogP contribution in [0, 0.1) is 6.92 Å². The van der Waals surface area contributed by atoms with Gasteiger partial charge in [-0.15, -0.1) is 0 Å². The first-order chi connectivity index (χ1) is 8.79. The molecule has 3 heteroatoms. The third kappa shape index (κ3) is 2.75. The molecule has 19 heavy (non-hydrogen) atoms. The van der Waals surface area contributed by atoms with E-state index in [9.17, 15) is 4.79 Å². The first-order valence-corrected chi connectivity index (χ1v) is 6.47. The van der Waals surface area contributed by atoms with Gasteiger partial charge in [0.05, 0.1) is 17.6 Å². The molecule has 0 aliphatic carbocycles. The first-order valence-electron chi connectivity index (χ1n) is 6.47. The number of hydrogen-bond donors (Lipinski definition) is 1. The standard InChI is InChI=1S/C16H20N2O/c1-10-8-11(9-14(17)19)18-15-12(10)6-5-7-13(15)16(2,3)4/h5-8H,9H2,1-4H3,(H2,17,19). The molecule has 1 aromatic heterocycles. The predicted molar refractivity (Wildman–Crippen MR) is 78.1 cm³/mol. The number of rotatable bonds is 2. The highest BCUT2D eigenvalue weighted by Crippen LogP contribution is 2.30. The average Bonchev–Trinajstić information content (AvgIpc) is 2.26. The van der Waals surface area contributed by atoms with Crippen LogP contribution in [0.3, 0.4) is 0 Å². The van der Waals surface area contributed by atoms with E-state index in [1.54, 1.807) is 0 Å². The number of fused-ring (bicyclic) bond motifs is 1. The number of aryl methyl sites for hydroxylation is 1. The van der Waals surface area contributed by atoms with Gasteiger partial charge in [0.2, 0.25) is 5.91 Å². The van der Waals surface area contributed by atoms with Crippen LogP contribution < -0.4 is 5.73 Å². The molecule has 0 fully saturated rings. The molecule has 0 saturated heterocycles. The fraction of sp³-hybridized carbons (Fsp3) is 0.375. The van der Waals surface area contributed by atoms with Crippen LogP contribution in [0.2, 0.25) is 0 Å². The number of hydrogen-bond acceptors (Lipinski definition) is 2. The van der Waals surface area contributed by atoms with Crippen LogP contribution >= 0.6 is 0 Å². The van der Waals surface area contributed by atoms with Crippen LogP contribution in [0.15, 0.2) is 24.3 Å². The number of nitrogens with two attached hydrogens (primary N) is 1. The third-order valence-electron chi connectivity index (χ3n) is 3.26. The zero-order valence-corrected chi connectivity index (χ0v) is 11.9. The molecule has 0 spiro atoms. The third-order valence-corrected chi connectivity index (χ3v) is 3.26. The normalized spacial score (nSPS) is 11.8. The Morgan fingerprint density at radius 1 is 1.32 bits per heavy atom. The van der Waals surface area contributed by atoms with Gasteiger partial charge < -0.3 is 5.73 Å². The Bertz CT molecular complexity index is 639. The summed E-state index contributed by atoms with van der Waals surface area (Å²) < 4.78 is 0. The summed E-state index contributed by atoms with van der Waals surface area (Å²) in [7, 11) is 0. The molecule has 1 amide bonds. The molecule has 0 bridgehead atoms. The fourth-order valence-corrected chi connectivity index (χ4v) is 2.36. The Morgan fingerprint density at radius 2 is 2.00 bits per heavy atom. The summed E-state index contributed by atoms with van der Waals surface area (Å²) in [5.74, 6) is -0.348. The summed E-state index contributed by atoms with van der Waals surface area (Å²) in [5, 5.41) is 1.14. The maximum Gasteiger partial charge on any atom is 0.223 e. The van der Waals surface area contributed by atoms with E-state index in [-0.39, 0.29) is 17.7 Å². The number of aromatic nitrogens is 1. The van der Waals surface area contributed by atoms with Crippen molar-refractivity contribution in [2.45, 2.75) is 39.5 Å². The molecule has 0 atom stereocenters. The van der Waals surface area contributed by atoms with Gasteiger partial charge in [0, 0.05) is 5.39 Å². The van der Waals surface area contributed by atoms with E-state index in [4.69, 9.17) is 5.73 Å². The number of pyridine rings is 1. The lowest BCUT2D eigenvalue weighted by Crippen LogP contribution is -2.16. The molecular formula is C16H20N2O. The van der Waals surface area contributed by atoms with Crippen molar-refractivity contribution in [3.05, 3.63) is 41.1 Å². The number of para-hydroxylation sites is 1. The molecule has 0 radical (unpaired) electrons. The van der Waals surface area contributed by atoms with E-state index in [1.807, 2.05) is 13.0 Å². The first kappa shape index (κ1) is 13.5. The van der Waals surface area contributed by atoms with Crippen LogP contribution in [-0.2, 0) is 16.6 Å². The highest BCUT2D eigenvalue weighted by molar-refractivity contribution is 5.86. The highest BCUT2D eigenvalue weighted by atomic mass is 16.1. The monoisotopic (exact) mass is 256 g/mol. The Hall–Kier alpha value is -1.90. The minimum absolute atomic E-state index is 0.0182. The Labute approximate surface area is 113 Å². The maximum atomic E-state index is 11.1. The second-order valence-electron chi connectivity index (χ2n) is 6.03. The number of carbonyl (C=O) groups excluding carboxylic acids is 1. The van der Waals surface area contributed by atoms with Gasteiger partial charge in [-0.05, 0) is 29.5 Å². The number of nitrogens with zero attached hydrogens (tertiary/aromatic N) is 1. The number of amides is 1. The summed E-state index contributed by atoms with van der Waals surface area (Å²) in [5.41, 5.74) is 9.33. The van der Waals surface area contributed by atoms with Gasteiger partial charge >= 0.3 is 0 Å². The highest BCUT2D eigenvalue weighted by Gasteiger charge is 2.18. The SMILES string of the molecule is Cc1cc(CC(N)=O)nc2c(C(C)(C)C)cccc12. The van der Waals surface area contributed by atoms with Crippen LogP contribution in [0.25, 0.3) is 10.9 Å². The van der Waals surface area contributed by atoms with Crippen molar-refractivity contribution in [3.63, 3.8) is 0 Å². The molecule has 2 N–H and O–H groups in total. The van der Waals surface area contributed by atoms with Crippen LogP contribution in [0.4, 0.5) is 0 Å². The van der Waals surface area contributed by atoms with Crippen molar-refractivity contribution in [2.75, 3.05) is 0 Å². The molecule has 100 valence electrons. The van der Waals surface area contributed by atoms with Crippen molar-refractivity contribution >= 4 is 16.8 Å². The van der Waals surface area contributed by atoms with Gasteiger partial charge in [-0.2, -0.15) is 0 Å². The lowest BCUT2D eigenvalue weighted by atomic mass is 9.85. The summed E-state index contributed by atoms with van der Waals surface area (Å²) in [6.07, 6.45) is 0.190. The number of benzene rings is 1. The van der Waals surface area contributed by atoms with Gasteiger partial charge in [0.1, 0.15) is 0 Å². The van der Waals surface area contributed by atoms with Gasteiger partial charge in [0.15, 0.2) is 0 Å². The van der Waals surface area contributed by atoms with Crippen molar-refractivity contribution in [2.24, 2.45) is 5.73 Å². The summed E-state index contributed by atoms with van der Waals surface area (Å²) in [6.45, 7) is 8.54. The lowest BCUT2D eigenvalue weighted by molar-refractivity contribution is -0.117. The maximum absolute atomic E-state index is 11.1. The van der Waals surface area contributed by atoms with E-state index in [0.29, 0.717) is 0 Å². The minimum Gasteiger partial charge on any atom is -0.369 e. The second kappa shape index (κ2) is 4.65. The van der Waals surface area contributed by atoms with Gasteiger partial charge in [-0.1, -0.05) is 39.0 Å². The lowest BCUT2D eigenvalue weighted by Gasteiger charge is -2.21. The molecule has 2 rings (SSSR count). The van der Waals surface area contributed by atoms with E-state index < -0.39 is 0 Å². The quantitative estimate of drug-likeness (QED) is 0.898. The van der Waals surface area contributed by atoms with Crippen LogP contribution in [0.1, 0.15) is 37.6 Å². The Morgan fingerprint density at radius 3 is 2.58 bits per heavy atom. The van der Waals surface area contributed by atoms with Crippen molar-refractivity contribution in [1.29, 1.82) is 0 Å². The molecule has 3 nitrogen and oxygen atoms in total. The molecule has 1 aromatic carbocycles.